The number of nitrogens with zero attached hydrogens (tertiary/aromatic N) is 5. The van der Waals surface area contributed by atoms with Crippen molar-refractivity contribution >= 4 is 23.4 Å². The van der Waals surface area contributed by atoms with E-state index in [0.717, 1.165) is 6.34 Å². The van der Waals surface area contributed by atoms with Crippen molar-refractivity contribution in [1.29, 1.82) is 0 Å². The summed E-state index contributed by atoms with van der Waals surface area (Å²) >= 11 is 0. The Bertz CT molecular complexity index is 653. The van der Waals surface area contributed by atoms with Crippen molar-refractivity contribution in [2.24, 2.45) is 17.8 Å². The van der Waals surface area contributed by atoms with E-state index in [2.05, 4.69) is 15.0 Å². The van der Waals surface area contributed by atoms with Crippen LogP contribution in [0.5, 0.6) is 0 Å². The van der Waals surface area contributed by atoms with Crippen molar-refractivity contribution in [2.45, 2.75) is 6.54 Å². The van der Waals surface area contributed by atoms with E-state index in [1.807, 2.05) is 0 Å². The van der Waals surface area contributed by atoms with Gasteiger partial charge in [-0.3, -0.25) is 14.2 Å². The predicted octanol–water partition coefficient (Wildman–Crippen LogP) is -1.36. The largest absolute Gasteiger partial charge is 0.390 e. The van der Waals surface area contributed by atoms with Gasteiger partial charge in [0, 0.05) is 7.05 Å². The maximum Gasteiger partial charge on any atom is 0.280 e. The van der Waals surface area contributed by atoms with Crippen LogP contribution in [0.15, 0.2) is 22.4 Å². The molecule has 8 nitrogen and oxygen atoms in total. The van der Waals surface area contributed by atoms with Crippen LogP contribution < -0.4 is 11.3 Å². The highest BCUT2D eigenvalue weighted by Crippen LogP contribution is 2.01. The van der Waals surface area contributed by atoms with E-state index >= 15 is 0 Å². The number of hydrogen-bond donors (Lipinski definition) is 1. The minimum absolute atomic E-state index is 0.194. The summed E-state index contributed by atoms with van der Waals surface area (Å²) in [6.45, 7) is -0.194. The van der Waals surface area contributed by atoms with Gasteiger partial charge in [-0.1, -0.05) is 0 Å². The van der Waals surface area contributed by atoms with E-state index < -0.39 is 5.91 Å². The molecule has 0 spiro atoms. The SMILES string of the molecule is Cn1cnc2ncn(CC(=O)N=CN)c(=O)c21. The molecule has 2 aromatic rings. The second-order valence-electron chi connectivity index (χ2n) is 3.38. The van der Waals surface area contributed by atoms with Gasteiger partial charge in [0.25, 0.3) is 11.5 Å². The smallest absolute Gasteiger partial charge is 0.280 e. The molecule has 0 aliphatic carbocycles. The molecule has 2 rings (SSSR count). The standard InChI is InChI=1S/C9H10N6O2/c1-14-4-12-8-7(14)9(17)15(5-13-8)2-6(16)11-3-10/h3-5H,2H2,1H3,(H2,10,11,16). The van der Waals surface area contributed by atoms with Crippen LogP contribution in [0, 0.1) is 0 Å². The zero-order valence-corrected chi connectivity index (χ0v) is 9.07. The third-order valence-electron chi connectivity index (χ3n) is 2.22. The van der Waals surface area contributed by atoms with Crippen LogP contribution in [-0.4, -0.2) is 31.3 Å². The molecular formula is C9H10N6O2. The lowest BCUT2D eigenvalue weighted by atomic mass is 10.5. The van der Waals surface area contributed by atoms with Crippen LogP contribution in [-0.2, 0) is 18.4 Å². The lowest BCUT2D eigenvalue weighted by Gasteiger charge is -2.01. The van der Waals surface area contributed by atoms with Crippen LogP contribution in [0.25, 0.3) is 11.2 Å². The molecule has 0 saturated heterocycles. The summed E-state index contributed by atoms with van der Waals surface area (Å²) in [6.07, 6.45) is 3.65. The van der Waals surface area contributed by atoms with Crippen LogP contribution >= 0.6 is 0 Å². The van der Waals surface area contributed by atoms with Gasteiger partial charge in [0.1, 0.15) is 12.9 Å². The first-order valence-corrected chi connectivity index (χ1v) is 4.77. The molecule has 2 N–H and O–H groups in total. The van der Waals surface area contributed by atoms with Gasteiger partial charge in [-0.2, -0.15) is 0 Å². The Morgan fingerprint density at radius 3 is 2.94 bits per heavy atom. The van der Waals surface area contributed by atoms with E-state index in [9.17, 15) is 9.59 Å². The molecule has 2 heterocycles. The second-order valence-corrected chi connectivity index (χ2v) is 3.38. The summed E-state index contributed by atoms with van der Waals surface area (Å²) in [5.74, 6) is -0.516. The summed E-state index contributed by atoms with van der Waals surface area (Å²) in [6, 6.07) is 0. The number of hydrogen-bond acceptors (Lipinski definition) is 4. The monoisotopic (exact) mass is 234 g/mol. The van der Waals surface area contributed by atoms with Crippen LogP contribution in [0.1, 0.15) is 0 Å². The first kappa shape index (κ1) is 11.0. The third kappa shape index (κ3) is 1.92. The van der Waals surface area contributed by atoms with Crippen molar-refractivity contribution in [2.75, 3.05) is 0 Å². The fraction of sp³-hybridized carbons (Fsp3) is 0.222. The van der Waals surface area contributed by atoms with Gasteiger partial charge in [-0.05, 0) is 0 Å². The predicted molar refractivity (Wildman–Crippen MR) is 60.5 cm³/mol. The topological polar surface area (TPSA) is 108 Å². The molecule has 17 heavy (non-hydrogen) atoms. The average Bonchev–Trinajstić information content (AvgIpc) is 2.65. The summed E-state index contributed by atoms with van der Waals surface area (Å²) in [4.78, 5) is 34.5. The second kappa shape index (κ2) is 4.16. The average molecular weight is 234 g/mol. The van der Waals surface area contributed by atoms with Gasteiger partial charge >= 0.3 is 0 Å². The molecule has 1 amide bonds. The molecule has 0 radical (unpaired) electrons. The quantitative estimate of drug-likeness (QED) is 0.510. The Kier molecular flexibility index (Phi) is 2.69. The number of carbonyl (C=O) groups excluding carboxylic acids is 1. The lowest BCUT2D eigenvalue weighted by molar-refractivity contribution is -0.118. The van der Waals surface area contributed by atoms with Gasteiger partial charge in [0.2, 0.25) is 0 Å². The molecule has 0 atom stereocenters. The fourth-order valence-corrected chi connectivity index (χ4v) is 1.45. The van der Waals surface area contributed by atoms with E-state index in [-0.39, 0.29) is 12.1 Å². The Morgan fingerprint density at radius 1 is 1.53 bits per heavy atom. The maximum atomic E-state index is 12.0. The number of carbonyl (C=O) groups is 1. The number of aryl methyl sites for hydroxylation is 1. The van der Waals surface area contributed by atoms with Gasteiger partial charge in [-0.15, -0.1) is 0 Å². The van der Waals surface area contributed by atoms with Crippen LogP contribution in [0.4, 0.5) is 0 Å². The Morgan fingerprint density at radius 2 is 2.24 bits per heavy atom. The van der Waals surface area contributed by atoms with E-state index in [1.54, 1.807) is 11.6 Å². The lowest BCUT2D eigenvalue weighted by Crippen LogP contribution is -2.25. The number of rotatable bonds is 2. The molecule has 0 saturated carbocycles. The highest BCUT2D eigenvalue weighted by atomic mass is 16.2. The Labute approximate surface area is 95.4 Å². The highest BCUT2D eigenvalue weighted by Gasteiger charge is 2.10. The van der Waals surface area contributed by atoms with Crippen LogP contribution in [0.2, 0.25) is 0 Å². The number of aromatic nitrogens is 4. The highest BCUT2D eigenvalue weighted by molar-refractivity contribution is 5.83. The molecule has 0 aliphatic heterocycles. The first-order valence-electron chi connectivity index (χ1n) is 4.77. The van der Waals surface area contributed by atoms with Gasteiger partial charge in [0.05, 0.1) is 12.7 Å². The number of fused-ring (bicyclic) bond motifs is 1. The normalized spacial score (nSPS) is 11.4. The van der Waals surface area contributed by atoms with Crippen molar-refractivity contribution in [1.82, 2.24) is 19.1 Å². The zero-order chi connectivity index (χ0) is 12.4. The summed E-state index contributed by atoms with van der Waals surface area (Å²) in [5, 5.41) is 0. The zero-order valence-electron chi connectivity index (χ0n) is 9.07. The van der Waals surface area contributed by atoms with Gasteiger partial charge in [0.15, 0.2) is 11.2 Å². The number of nitrogens with two attached hydrogens (primary N) is 1. The summed E-state index contributed by atoms with van der Waals surface area (Å²) in [5.41, 5.74) is 5.35. The minimum atomic E-state index is -0.516. The van der Waals surface area contributed by atoms with E-state index in [0.29, 0.717) is 11.2 Å². The van der Waals surface area contributed by atoms with Crippen molar-refractivity contribution in [3.8, 4) is 0 Å². The van der Waals surface area contributed by atoms with Crippen molar-refractivity contribution in [3.63, 3.8) is 0 Å². The van der Waals surface area contributed by atoms with E-state index in [4.69, 9.17) is 5.73 Å². The van der Waals surface area contributed by atoms with Gasteiger partial charge in [-0.25, -0.2) is 15.0 Å². The molecule has 0 fully saturated rings. The molecule has 0 unspecified atom stereocenters. The summed E-state index contributed by atoms with van der Waals surface area (Å²) in [7, 11) is 1.68. The van der Waals surface area contributed by atoms with Crippen molar-refractivity contribution in [3.05, 3.63) is 23.0 Å². The maximum absolute atomic E-state index is 12.0. The first-order chi connectivity index (χ1) is 8.13. The Balaban J connectivity index is 2.49. The minimum Gasteiger partial charge on any atom is -0.390 e. The molecule has 0 aliphatic rings. The van der Waals surface area contributed by atoms with Gasteiger partial charge < -0.3 is 10.3 Å². The number of imidazole rings is 1. The third-order valence-corrected chi connectivity index (χ3v) is 2.22. The van der Waals surface area contributed by atoms with Crippen LogP contribution in [0.3, 0.4) is 0 Å². The Hall–Kier alpha value is -2.51. The molecule has 8 heteroatoms. The van der Waals surface area contributed by atoms with Crippen molar-refractivity contribution < 1.29 is 4.79 Å². The molecule has 2 aromatic heterocycles. The fourth-order valence-electron chi connectivity index (χ4n) is 1.45. The number of aliphatic imine (C=N–C) groups is 1. The molecule has 88 valence electrons. The summed E-state index contributed by atoms with van der Waals surface area (Å²) < 4.78 is 2.72. The molecular weight excluding hydrogens is 224 g/mol. The van der Waals surface area contributed by atoms with E-state index in [1.165, 1.54) is 17.2 Å². The number of amides is 1. The molecule has 0 aromatic carbocycles. The molecule has 0 bridgehead atoms.